The van der Waals surface area contributed by atoms with Crippen molar-refractivity contribution in [1.82, 2.24) is 10.6 Å². The molecule has 1 saturated heterocycles. The molecule has 6 nitrogen and oxygen atoms in total. The Morgan fingerprint density at radius 1 is 1.07 bits per heavy atom. The SMILES string of the molecule is CCNC(=NCC1(C)COC1)NCC1(c2ccc(OC)c(OC)c2)CCCCC1.I. The molecule has 2 fully saturated rings. The van der Waals surface area contributed by atoms with Crippen molar-refractivity contribution in [3.8, 4) is 11.5 Å². The third kappa shape index (κ3) is 5.93. The molecule has 1 heterocycles. The number of aliphatic imine (C=N–C) groups is 1. The highest BCUT2D eigenvalue weighted by Gasteiger charge is 2.35. The summed E-state index contributed by atoms with van der Waals surface area (Å²) in [7, 11) is 3.39. The van der Waals surface area contributed by atoms with Crippen LogP contribution in [0.15, 0.2) is 23.2 Å². The molecule has 1 saturated carbocycles. The summed E-state index contributed by atoms with van der Waals surface area (Å²) in [6.45, 7) is 8.43. The Morgan fingerprint density at radius 2 is 1.77 bits per heavy atom. The number of halogens is 1. The van der Waals surface area contributed by atoms with E-state index < -0.39 is 0 Å². The van der Waals surface area contributed by atoms with Crippen LogP contribution in [-0.2, 0) is 10.2 Å². The van der Waals surface area contributed by atoms with E-state index >= 15 is 0 Å². The van der Waals surface area contributed by atoms with Gasteiger partial charge in [0.25, 0.3) is 0 Å². The van der Waals surface area contributed by atoms with Crippen molar-refractivity contribution in [2.45, 2.75) is 51.4 Å². The fourth-order valence-electron chi connectivity index (χ4n) is 4.37. The molecule has 0 spiro atoms. The maximum atomic E-state index is 5.58. The molecule has 3 rings (SSSR count). The quantitative estimate of drug-likeness (QED) is 0.300. The van der Waals surface area contributed by atoms with E-state index in [1.807, 2.05) is 6.07 Å². The molecule has 170 valence electrons. The summed E-state index contributed by atoms with van der Waals surface area (Å²) in [6.07, 6.45) is 6.14. The Kier molecular flexibility index (Phi) is 9.53. The highest BCUT2D eigenvalue weighted by molar-refractivity contribution is 14.0. The Hall–Kier alpha value is -1.22. The van der Waals surface area contributed by atoms with Crippen LogP contribution in [0.25, 0.3) is 0 Å². The highest BCUT2D eigenvalue weighted by atomic mass is 127. The first-order valence-corrected chi connectivity index (χ1v) is 10.9. The minimum atomic E-state index is 0. The van der Waals surface area contributed by atoms with Crippen LogP contribution in [0.3, 0.4) is 0 Å². The summed E-state index contributed by atoms with van der Waals surface area (Å²) in [6, 6.07) is 6.38. The third-order valence-corrected chi connectivity index (χ3v) is 6.26. The van der Waals surface area contributed by atoms with E-state index in [2.05, 4.69) is 36.6 Å². The predicted molar refractivity (Wildman–Crippen MR) is 133 cm³/mol. The van der Waals surface area contributed by atoms with E-state index in [1.165, 1.54) is 37.7 Å². The summed E-state index contributed by atoms with van der Waals surface area (Å²) in [5.41, 5.74) is 1.57. The molecule has 1 aliphatic heterocycles. The second kappa shape index (κ2) is 11.4. The maximum absolute atomic E-state index is 5.58. The van der Waals surface area contributed by atoms with Crippen LogP contribution < -0.4 is 20.1 Å². The van der Waals surface area contributed by atoms with Crippen molar-refractivity contribution in [1.29, 1.82) is 0 Å². The number of hydrogen-bond acceptors (Lipinski definition) is 4. The fourth-order valence-corrected chi connectivity index (χ4v) is 4.37. The van der Waals surface area contributed by atoms with Gasteiger partial charge in [0.05, 0.1) is 34.0 Å². The van der Waals surface area contributed by atoms with Gasteiger partial charge in [0, 0.05) is 23.9 Å². The van der Waals surface area contributed by atoms with Crippen LogP contribution in [0.5, 0.6) is 11.5 Å². The smallest absolute Gasteiger partial charge is 0.191 e. The molecule has 0 bridgehead atoms. The number of rotatable bonds is 8. The lowest BCUT2D eigenvalue weighted by atomic mass is 9.69. The molecule has 2 N–H and O–H groups in total. The number of methoxy groups -OCH3 is 2. The molecule has 0 unspecified atom stereocenters. The van der Waals surface area contributed by atoms with Gasteiger partial charge in [-0.15, -0.1) is 24.0 Å². The maximum Gasteiger partial charge on any atom is 0.191 e. The third-order valence-electron chi connectivity index (χ3n) is 6.26. The normalized spacial score (nSPS) is 19.8. The Labute approximate surface area is 198 Å². The molecule has 1 aromatic rings. The van der Waals surface area contributed by atoms with E-state index in [4.69, 9.17) is 19.2 Å². The molecule has 7 heteroatoms. The summed E-state index contributed by atoms with van der Waals surface area (Å²) < 4.78 is 16.4. The average molecular weight is 531 g/mol. The molecule has 30 heavy (non-hydrogen) atoms. The fraction of sp³-hybridized carbons (Fsp3) is 0.696. The average Bonchev–Trinajstić information content (AvgIpc) is 2.74. The minimum absolute atomic E-state index is 0. The number of guanidine groups is 1. The Morgan fingerprint density at radius 3 is 2.33 bits per heavy atom. The Bertz CT molecular complexity index is 701. The van der Waals surface area contributed by atoms with Crippen LogP contribution in [0.4, 0.5) is 0 Å². The second-order valence-corrected chi connectivity index (χ2v) is 8.76. The molecule has 0 aromatic heterocycles. The minimum Gasteiger partial charge on any atom is -0.493 e. The molecule has 0 amide bonds. The van der Waals surface area contributed by atoms with E-state index in [0.29, 0.717) is 0 Å². The van der Waals surface area contributed by atoms with Crippen LogP contribution in [0.2, 0.25) is 0 Å². The van der Waals surface area contributed by atoms with Crippen molar-refractivity contribution >= 4 is 29.9 Å². The topological polar surface area (TPSA) is 64.1 Å². The zero-order valence-electron chi connectivity index (χ0n) is 18.9. The lowest BCUT2D eigenvalue weighted by molar-refractivity contribution is -0.0945. The molecular formula is C23H38IN3O3. The molecule has 1 aromatic carbocycles. The van der Waals surface area contributed by atoms with Crippen molar-refractivity contribution in [2.75, 3.05) is 47.1 Å². The molecule has 1 aliphatic carbocycles. The zero-order chi connectivity index (χ0) is 20.7. The van der Waals surface area contributed by atoms with Crippen LogP contribution in [0.1, 0.15) is 51.5 Å². The van der Waals surface area contributed by atoms with Gasteiger partial charge < -0.3 is 24.8 Å². The molecule has 0 radical (unpaired) electrons. The van der Waals surface area contributed by atoms with Crippen LogP contribution >= 0.6 is 24.0 Å². The van der Waals surface area contributed by atoms with Crippen molar-refractivity contribution in [3.63, 3.8) is 0 Å². The first-order chi connectivity index (χ1) is 14.0. The number of benzene rings is 1. The lowest BCUT2D eigenvalue weighted by Crippen LogP contribution is -2.48. The van der Waals surface area contributed by atoms with Crippen molar-refractivity contribution in [3.05, 3.63) is 23.8 Å². The van der Waals surface area contributed by atoms with E-state index in [1.54, 1.807) is 14.2 Å². The summed E-state index contributed by atoms with van der Waals surface area (Å²) >= 11 is 0. The molecular weight excluding hydrogens is 493 g/mol. The van der Waals surface area contributed by atoms with Gasteiger partial charge >= 0.3 is 0 Å². The molecule has 0 atom stereocenters. The van der Waals surface area contributed by atoms with Gasteiger partial charge in [-0.05, 0) is 37.5 Å². The van der Waals surface area contributed by atoms with Gasteiger partial charge in [-0.25, -0.2) is 0 Å². The van der Waals surface area contributed by atoms with E-state index in [0.717, 1.165) is 50.3 Å². The van der Waals surface area contributed by atoms with Gasteiger partial charge in [0.2, 0.25) is 0 Å². The predicted octanol–water partition coefficient (Wildman–Crippen LogP) is 4.12. The largest absolute Gasteiger partial charge is 0.493 e. The van der Waals surface area contributed by atoms with Crippen LogP contribution in [-0.4, -0.2) is 53.0 Å². The highest BCUT2D eigenvalue weighted by Crippen LogP contribution is 2.42. The second-order valence-electron chi connectivity index (χ2n) is 8.76. The standard InChI is InChI=1S/C23H37N3O3.HI/c1-5-24-21(25-14-22(2)16-29-17-22)26-15-23(11-7-6-8-12-23)18-9-10-19(27-3)20(13-18)28-4;/h9-10,13H,5-8,11-12,14-17H2,1-4H3,(H2,24,25,26);1H. The van der Waals surface area contributed by atoms with Gasteiger partial charge in [-0.1, -0.05) is 32.3 Å². The van der Waals surface area contributed by atoms with Gasteiger partial charge in [0.1, 0.15) is 0 Å². The van der Waals surface area contributed by atoms with Crippen molar-refractivity contribution in [2.24, 2.45) is 10.4 Å². The van der Waals surface area contributed by atoms with E-state index in [-0.39, 0.29) is 34.8 Å². The number of hydrogen-bond donors (Lipinski definition) is 2. The van der Waals surface area contributed by atoms with E-state index in [9.17, 15) is 0 Å². The Balaban J connectivity index is 0.00000320. The molecule has 2 aliphatic rings. The van der Waals surface area contributed by atoms with Gasteiger partial charge in [0.15, 0.2) is 17.5 Å². The lowest BCUT2D eigenvalue weighted by Gasteiger charge is -2.39. The van der Waals surface area contributed by atoms with Gasteiger partial charge in [-0.3, -0.25) is 4.99 Å². The number of ether oxygens (including phenoxy) is 3. The first-order valence-electron chi connectivity index (χ1n) is 10.9. The first kappa shape index (κ1) is 25.0. The number of nitrogens with zero attached hydrogens (tertiary/aromatic N) is 1. The summed E-state index contributed by atoms with van der Waals surface area (Å²) in [5, 5.41) is 7.05. The zero-order valence-corrected chi connectivity index (χ0v) is 21.2. The van der Waals surface area contributed by atoms with Crippen molar-refractivity contribution < 1.29 is 14.2 Å². The van der Waals surface area contributed by atoms with Gasteiger partial charge in [-0.2, -0.15) is 0 Å². The summed E-state index contributed by atoms with van der Waals surface area (Å²) in [5.74, 6) is 2.47. The number of nitrogens with one attached hydrogen (secondary N) is 2. The summed E-state index contributed by atoms with van der Waals surface area (Å²) in [4.78, 5) is 4.85. The van der Waals surface area contributed by atoms with Crippen LogP contribution in [0, 0.1) is 5.41 Å². The monoisotopic (exact) mass is 531 g/mol.